The fourth-order valence-electron chi connectivity index (χ4n) is 3.51. The molecule has 0 amide bonds. The van der Waals surface area contributed by atoms with Crippen molar-refractivity contribution in [3.8, 4) is 0 Å². The summed E-state index contributed by atoms with van der Waals surface area (Å²) in [4.78, 5) is 9.97. The van der Waals surface area contributed by atoms with Gasteiger partial charge in [-0.25, -0.2) is 13.4 Å². The van der Waals surface area contributed by atoms with Crippen molar-refractivity contribution in [2.75, 3.05) is 31.1 Å². The van der Waals surface area contributed by atoms with Gasteiger partial charge in [-0.15, -0.1) is 0 Å². The largest absolute Gasteiger partial charge is 0.416 e. The summed E-state index contributed by atoms with van der Waals surface area (Å²) < 4.78 is 68.3. The van der Waals surface area contributed by atoms with Gasteiger partial charge in [-0.2, -0.15) is 32.1 Å². The molecule has 0 saturated carbocycles. The molecule has 3 aromatic rings. The van der Waals surface area contributed by atoms with Gasteiger partial charge >= 0.3 is 6.18 Å². The predicted molar refractivity (Wildman–Crippen MR) is 103 cm³/mol. The maximum atomic E-state index is 13.2. The van der Waals surface area contributed by atoms with E-state index in [-0.39, 0.29) is 23.5 Å². The van der Waals surface area contributed by atoms with E-state index in [1.807, 2.05) is 17.9 Å². The molecule has 0 radical (unpaired) electrons. The third-order valence-corrected chi connectivity index (χ3v) is 6.97. The molecule has 0 N–H and O–H groups in total. The minimum Gasteiger partial charge on any atom is -0.354 e. The van der Waals surface area contributed by atoms with E-state index < -0.39 is 21.8 Å². The second-order valence-electron chi connectivity index (χ2n) is 7.09. The van der Waals surface area contributed by atoms with Crippen LogP contribution in [0.1, 0.15) is 16.8 Å². The summed E-state index contributed by atoms with van der Waals surface area (Å²) in [6, 6.07) is 4.95. The second kappa shape index (κ2) is 7.20. The lowest BCUT2D eigenvalue weighted by atomic mass is 10.1. The number of aryl methyl sites for hydroxylation is 2. The first-order valence-corrected chi connectivity index (χ1v) is 10.6. The molecule has 0 atom stereocenters. The highest BCUT2D eigenvalue weighted by atomic mass is 32.2. The summed E-state index contributed by atoms with van der Waals surface area (Å²) in [5.74, 6) is 1.18. The van der Waals surface area contributed by atoms with Crippen LogP contribution in [-0.4, -0.2) is 58.5 Å². The zero-order valence-corrected chi connectivity index (χ0v) is 17.1. The van der Waals surface area contributed by atoms with Crippen molar-refractivity contribution in [1.29, 1.82) is 0 Å². The third-order valence-electron chi connectivity index (χ3n) is 5.08. The number of nitrogens with zero attached hydrogens (tertiary/aromatic N) is 6. The normalized spacial score (nSPS) is 16.4. The quantitative estimate of drug-likeness (QED) is 0.621. The van der Waals surface area contributed by atoms with Crippen LogP contribution >= 0.6 is 0 Å². The summed E-state index contributed by atoms with van der Waals surface area (Å²) in [6.45, 7) is 4.11. The van der Waals surface area contributed by atoms with E-state index in [1.54, 1.807) is 4.52 Å². The molecule has 2 aromatic heterocycles. The second-order valence-corrected chi connectivity index (χ2v) is 9.03. The number of anilines is 1. The lowest BCUT2D eigenvalue weighted by Crippen LogP contribution is -2.49. The highest BCUT2D eigenvalue weighted by Crippen LogP contribution is 2.34. The number of piperazine rings is 1. The Kier molecular flexibility index (Phi) is 4.93. The molecular formula is C18H19F3N6O2S. The van der Waals surface area contributed by atoms with E-state index in [0.717, 1.165) is 11.5 Å². The van der Waals surface area contributed by atoms with Crippen LogP contribution in [-0.2, 0) is 16.2 Å². The molecule has 8 nitrogen and oxygen atoms in total. The van der Waals surface area contributed by atoms with E-state index in [2.05, 4.69) is 15.1 Å². The van der Waals surface area contributed by atoms with Gasteiger partial charge in [0.1, 0.15) is 12.1 Å². The highest BCUT2D eigenvalue weighted by molar-refractivity contribution is 7.89. The van der Waals surface area contributed by atoms with Gasteiger partial charge in [-0.05, 0) is 31.5 Å². The number of fused-ring (bicyclic) bond motifs is 1. The monoisotopic (exact) mass is 440 g/mol. The number of aromatic nitrogens is 4. The van der Waals surface area contributed by atoms with Crippen LogP contribution in [0, 0.1) is 13.8 Å². The van der Waals surface area contributed by atoms with Crippen LogP contribution in [0.15, 0.2) is 35.5 Å². The average molecular weight is 440 g/mol. The maximum absolute atomic E-state index is 13.2. The number of halogens is 3. The molecule has 1 fully saturated rings. The number of rotatable bonds is 3. The Balaban J connectivity index is 1.57. The first-order chi connectivity index (χ1) is 14.1. The number of benzene rings is 1. The van der Waals surface area contributed by atoms with Gasteiger partial charge in [-0.1, -0.05) is 6.07 Å². The fraction of sp³-hybridized carbons (Fsp3) is 0.389. The summed E-state index contributed by atoms with van der Waals surface area (Å²) in [6.07, 6.45) is -3.22. The number of alkyl halides is 3. The van der Waals surface area contributed by atoms with Crippen molar-refractivity contribution >= 4 is 21.6 Å². The summed E-state index contributed by atoms with van der Waals surface area (Å²) in [5, 5.41) is 4.15. The van der Waals surface area contributed by atoms with Gasteiger partial charge in [0.25, 0.3) is 5.78 Å². The summed E-state index contributed by atoms with van der Waals surface area (Å²) >= 11 is 0. The van der Waals surface area contributed by atoms with Crippen LogP contribution in [0.3, 0.4) is 0 Å². The molecule has 1 aliphatic rings. The minimum absolute atomic E-state index is 0.0174. The molecule has 30 heavy (non-hydrogen) atoms. The molecule has 12 heteroatoms. The van der Waals surface area contributed by atoms with E-state index >= 15 is 0 Å². The predicted octanol–water partition coefficient (Wildman–Crippen LogP) is 2.27. The van der Waals surface area contributed by atoms with Crippen molar-refractivity contribution in [1.82, 2.24) is 23.9 Å². The van der Waals surface area contributed by atoms with Gasteiger partial charge in [0.05, 0.1) is 10.5 Å². The summed E-state index contributed by atoms with van der Waals surface area (Å²) in [7, 11) is -4.05. The Morgan fingerprint density at radius 3 is 2.40 bits per heavy atom. The molecule has 0 bridgehead atoms. The summed E-state index contributed by atoms with van der Waals surface area (Å²) in [5.41, 5.74) is -0.209. The van der Waals surface area contributed by atoms with Crippen molar-refractivity contribution in [3.05, 3.63) is 47.4 Å². The Hall–Kier alpha value is -2.73. The Bertz CT molecular complexity index is 1200. The third kappa shape index (κ3) is 3.60. The van der Waals surface area contributed by atoms with Gasteiger partial charge in [0.2, 0.25) is 10.0 Å². The lowest BCUT2D eigenvalue weighted by Gasteiger charge is -2.35. The Labute approximate surface area is 171 Å². The molecular weight excluding hydrogens is 421 g/mol. The van der Waals surface area contributed by atoms with Crippen LogP contribution in [0.25, 0.3) is 5.78 Å². The molecule has 0 unspecified atom stereocenters. The lowest BCUT2D eigenvalue weighted by molar-refractivity contribution is -0.138. The highest BCUT2D eigenvalue weighted by Gasteiger charge is 2.35. The molecule has 0 spiro atoms. The topological polar surface area (TPSA) is 83.7 Å². The van der Waals surface area contributed by atoms with E-state index in [1.165, 1.54) is 29.7 Å². The van der Waals surface area contributed by atoms with Gasteiger partial charge in [0, 0.05) is 37.9 Å². The zero-order chi connectivity index (χ0) is 21.7. The Morgan fingerprint density at radius 2 is 1.73 bits per heavy atom. The maximum Gasteiger partial charge on any atom is 0.416 e. The van der Waals surface area contributed by atoms with Crippen LogP contribution in [0.4, 0.5) is 19.0 Å². The average Bonchev–Trinajstić information content (AvgIpc) is 3.15. The molecule has 3 heterocycles. The minimum atomic E-state index is -4.61. The fourth-order valence-corrected chi connectivity index (χ4v) is 4.96. The molecule has 1 saturated heterocycles. The van der Waals surface area contributed by atoms with Crippen molar-refractivity contribution in [2.45, 2.75) is 24.9 Å². The van der Waals surface area contributed by atoms with Crippen LogP contribution in [0.5, 0.6) is 0 Å². The number of sulfonamides is 1. The molecule has 160 valence electrons. The smallest absolute Gasteiger partial charge is 0.354 e. The van der Waals surface area contributed by atoms with E-state index in [0.29, 0.717) is 24.9 Å². The number of hydrogen-bond donors (Lipinski definition) is 0. The number of hydrogen-bond acceptors (Lipinski definition) is 6. The zero-order valence-electron chi connectivity index (χ0n) is 16.3. The van der Waals surface area contributed by atoms with Crippen LogP contribution in [0.2, 0.25) is 0 Å². The van der Waals surface area contributed by atoms with Crippen molar-refractivity contribution in [3.63, 3.8) is 0 Å². The molecule has 1 aliphatic heterocycles. The molecule has 1 aromatic carbocycles. The standard InChI is InChI=1S/C18H19F3N6O2S/c1-12-3-4-14(10-15(12)18(19,20)21)30(28,29)26-7-5-25(6-8-26)16-9-13(2)24-17-22-11-23-27(16)17/h3-4,9-11H,5-8H2,1-2H3. The van der Waals surface area contributed by atoms with Crippen molar-refractivity contribution < 1.29 is 21.6 Å². The first-order valence-electron chi connectivity index (χ1n) is 9.18. The SMILES string of the molecule is Cc1cc(N2CCN(S(=O)(=O)c3ccc(C)c(C(F)(F)F)c3)CC2)n2ncnc2n1. The Morgan fingerprint density at radius 1 is 1.03 bits per heavy atom. The first kappa shape index (κ1) is 20.5. The van der Waals surface area contributed by atoms with Gasteiger partial charge in [-0.3, -0.25) is 0 Å². The van der Waals surface area contributed by atoms with Gasteiger partial charge in [0.15, 0.2) is 0 Å². The van der Waals surface area contributed by atoms with E-state index in [4.69, 9.17) is 0 Å². The van der Waals surface area contributed by atoms with E-state index in [9.17, 15) is 21.6 Å². The molecule has 4 rings (SSSR count). The molecule has 0 aliphatic carbocycles. The van der Waals surface area contributed by atoms with Crippen molar-refractivity contribution in [2.24, 2.45) is 0 Å². The van der Waals surface area contributed by atoms with Gasteiger partial charge < -0.3 is 4.90 Å². The van der Waals surface area contributed by atoms with Crippen LogP contribution < -0.4 is 4.90 Å².